The number of hydrogen-bond donors (Lipinski definition) is 1. The lowest BCUT2D eigenvalue weighted by atomic mass is 10.1. The molecule has 1 amide bonds. The first-order valence-corrected chi connectivity index (χ1v) is 6.70. The summed E-state index contributed by atoms with van der Waals surface area (Å²) in [6.45, 7) is 0.0767. The maximum atomic E-state index is 13.0. The third kappa shape index (κ3) is 3.08. The summed E-state index contributed by atoms with van der Waals surface area (Å²) >= 11 is 0. The molecule has 1 aliphatic heterocycles. The van der Waals surface area contributed by atoms with E-state index >= 15 is 0 Å². The summed E-state index contributed by atoms with van der Waals surface area (Å²) < 4.78 is 28.4. The van der Waals surface area contributed by atoms with Gasteiger partial charge in [-0.05, 0) is 30.3 Å². The van der Waals surface area contributed by atoms with Crippen molar-refractivity contribution in [1.29, 1.82) is 0 Å². The quantitative estimate of drug-likeness (QED) is 0.871. The van der Waals surface area contributed by atoms with Crippen molar-refractivity contribution in [3.63, 3.8) is 0 Å². The molecule has 6 nitrogen and oxygen atoms in total. The normalized spacial score (nSPS) is 13.4. The molecule has 1 heterocycles. The average Bonchev–Trinajstić information content (AvgIpc) is 3.00. The highest BCUT2D eigenvalue weighted by atomic mass is 19.1. The molecule has 2 aromatic carbocycles. The summed E-state index contributed by atoms with van der Waals surface area (Å²) in [5, 5.41) is 0. The standard InChI is InChI=1S/C16H12FNO5/c17-11-4-1-9(2-5-11)14(15(18)19)23-16(20)10-3-6-12-13(7-10)22-8-21-12/h1-7,14H,8H2,(H2,18,19)/t14-/m0/s1. The molecule has 2 aromatic rings. The van der Waals surface area contributed by atoms with Crippen LogP contribution in [0.3, 0.4) is 0 Å². The van der Waals surface area contributed by atoms with Gasteiger partial charge in [-0.15, -0.1) is 0 Å². The fourth-order valence-corrected chi connectivity index (χ4v) is 2.13. The first-order chi connectivity index (χ1) is 11.0. The van der Waals surface area contributed by atoms with Crippen LogP contribution >= 0.6 is 0 Å². The Balaban J connectivity index is 1.81. The van der Waals surface area contributed by atoms with E-state index in [1.807, 2.05) is 0 Å². The molecule has 23 heavy (non-hydrogen) atoms. The van der Waals surface area contributed by atoms with Gasteiger partial charge in [0, 0.05) is 5.56 Å². The molecule has 1 aliphatic rings. The number of halogens is 1. The molecule has 0 spiro atoms. The Hall–Kier alpha value is -3.09. The molecule has 0 fully saturated rings. The summed E-state index contributed by atoms with van der Waals surface area (Å²) in [5.41, 5.74) is 5.74. The van der Waals surface area contributed by atoms with Crippen LogP contribution in [-0.4, -0.2) is 18.7 Å². The Morgan fingerprint density at radius 2 is 1.78 bits per heavy atom. The average molecular weight is 317 g/mol. The molecule has 0 saturated carbocycles. The predicted molar refractivity (Wildman–Crippen MR) is 76.3 cm³/mol. The van der Waals surface area contributed by atoms with Crippen LogP contribution in [0.2, 0.25) is 0 Å². The number of rotatable bonds is 4. The van der Waals surface area contributed by atoms with E-state index in [-0.39, 0.29) is 17.9 Å². The molecular formula is C16H12FNO5. The second-order valence-electron chi connectivity index (χ2n) is 4.81. The summed E-state index contributed by atoms with van der Waals surface area (Å²) in [6, 6.07) is 9.47. The second kappa shape index (κ2) is 5.96. The van der Waals surface area contributed by atoms with Crippen LogP contribution in [0.1, 0.15) is 22.0 Å². The highest BCUT2D eigenvalue weighted by Gasteiger charge is 2.25. The number of fused-ring (bicyclic) bond motifs is 1. The number of ether oxygens (including phenoxy) is 3. The van der Waals surface area contributed by atoms with Crippen molar-refractivity contribution in [2.45, 2.75) is 6.10 Å². The maximum absolute atomic E-state index is 13.0. The van der Waals surface area contributed by atoms with E-state index in [0.29, 0.717) is 11.5 Å². The number of hydrogen-bond acceptors (Lipinski definition) is 5. The molecule has 0 radical (unpaired) electrons. The van der Waals surface area contributed by atoms with Gasteiger partial charge < -0.3 is 19.9 Å². The van der Waals surface area contributed by atoms with E-state index in [0.717, 1.165) is 12.1 Å². The maximum Gasteiger partial charge on any atom is 0.339 e. The summed E-state index contributed by atoms with van der Waals surface area (Å²) in [4.78, 5) is 23.7. The van der Waals surface area contributed by atoms with Gasteiger partial charge in [0.1, 0.15) is 5.82 Å². The van der Waals surface area contributed by atoms with Crippen LogP contribution in [0.25, 0.3) is 0 Å². The minimum atomic E-state index is -1.31. The van der Waals surface area contributed by atoms with Crippen LogP contribution < -0.4 is 15.2 Å². The van der Waals surface area contributed by atoms with Crippen molar-refractivity contribution in [1.82, 2.24) is 0 Å². The van der Waals surface area contributed by atoms with Gasteiger partial charge >= 0.3 is 5.97 Å². The lowest BCUT2D eigenvalue weighted by Crippen LogP contribution is -2.26. The van der Waals surface area contributed by atoms with E-state index in [1.54, 1.807) is 6.07 Å². The molecule has 1 atom stereocenters. The first kappa shape index (κ1) is 14.8. The van der Waals surface area contributed by atoms with Gasteiger partial charge in [-0.3, -0.25) is 4.79 Å². The molecule has 2 N–H and O–H groups in total. The van der Waals surface area contributed by atoms with Crippen LogP contribution in [0, 0.1) is 5.82 Å². The van der Waals surface area contributed by atoms with Crippen molar-refractivity contribution in [2.75, 3.05) is 6.79 Å². The van der Waals surface area contributed by atoms with Gasteiger partial charge in [0.2, 0.25) is 12.9 Å². The summed E-state index contributed by atoms with van der Waals surface area (Å²) in [7, 11) is 0. The zero-order chi connectivity index (χ0) is 16.4. The number of benzene rings is 2. The van der Waals surface area contributed by atoms with Gasteiger partial charge in [-0.2, -0.15) is 0 Å². The number of carbonyl (C=O) groups is 2. The molecular weight excluding hydrogens is 305 g/mol. The Kier molecular flexibility index (Phi) is 3.84. The van der Waals surface area contributed by atoms with E-state index in [2.05, 4.69) is 0 Å². The molecule has 7 heteroatoms. The van der Waals surface area contributed by atoms with Crippen LogP contribution in [-0.2, 0) is 9.53 Å². The molecule has 3 rings (SSSR count). The van der Waals surface area contributed by atoms with Crippen LogP contribution in [0.4, 0.5) is 4.39 Å². The van der Waals surface area contributed by atoms with Gasteiger partial charge in [-0.25, -0.2) is 9.18 Å². The molecule has 0 unspecified atom stereocenters. The van der Waals surface area contributed by atoms with Gasteiger partial charge in [0.25, 0.3) is 5.91 Å². The van der Waals surface area contributed by atoms with E-state index in [9.17, 15) is 14.0 Å². The monoisotopic (exact) mass is 317 g/mol. The third-order valence-corrected chi connectivity index (χ3v) is 3.26. The highest BCUT2D eigenvalue weighted by molar-refractivity contribution is 5.93. The first-order valence-electron chi connectivity index (χ1n) is 6.70. The van der Waals surface area contributed by atoms with Gasteiger partial charge in [0.15, 0.2) is 11.5 Å². The molecule has 118 valence electrons. The Bertz CT molecular complexity index is 760. The lowest BCUT2D eigenvalue weighted by Gasteiger charge is -2.15. The van der Waals surface area contributed by atoms with E-state index in [4.69, 9.17) is 19.9 Å². The minimum absolute atomic E-state index is 0.0767. The third-order valence-electron chi connectivity index (χ3n) is 3.26. The highest BCUT2D eigenvalue weighted by Crippen LogP contribution is 2.33. The minimum Gasteiger partial charge on any atom is -0.454 e. The van der Waals surface area contributed by atoms with Crippen molar-refractivity contribution in [3.05, 3.63) is 59.4 Å². The Labute approximate surface area is 130 Å². The topological polar surface area (TPSA) is 87.9 Å². The predicted octanol–water partition coefficient (Wildman–Crippen LogP) is 1.94. The SMILES string of the molecule is NC(=O)[C@@H](OC(=O)c1ccc2c(c1)OCO2)c1ccc(F)cc1. The van der Waals surface area contributed by atoms with E-state index in [1.165, 1.54) is 24.3 Å². The largest absolute Gasteiger partial charge is 0.454 e. The smallest absolute Gasteiger partial charge is 0.339 e. The number of carbonyl (C=O) groups excluding carboxylic acids is 2. The van der Waals surface area contributed by atoms with E-state index < -0.39 is 23.8 Å². The summed E-state index contributed by atoms with van der Waals surface area (Å²) in [5.74, 6) is -1.15. The van der Waals surface area contributed by atoms with Crippen molar-refractivity contribution in [3.8, 4) is 11.5 Å². The fourth-order valence-electron chi connectivity index (χ4n) is 2.13. The number of primary amides is 1. The van der Waals surface area contributed by atoms with Gasteiger partial charge in [0.05, 0.1) is 5.56 Å². The zero-order valence-electron chi connectivity index (χ0n) is 11.8. The van der Waals surface area contributed by atoms with Crippen LogP contribution in [0.5, 0.6) is 11.5 Å². The molecule has 0 saturated heterocycles. The van der Waals surface area contributed by atoms with Crippen molar-refractivity contribution >= 4 is 11.9 Å². The fraction of sp³-hybridized carbons (Fsp3) is 0.125. The molecule has 0 bridgehead atoms. The summed E-state index contributed by atoms with van der Waals surface area (Å²) in [6.07, 6.45) is -1.31. The Morgan fingerprint density at radius 3 is 2.48 bits per heavy atom. The molecule has 0 aliphatic carbocycles. The van der Waals surface area contributed by atoms with Gasteiger partial charge in [-0.1, -0.05) is 12.1 Å². The number of amides is 1. The Morgan fingerprint density at radius 1 is 1.09 bits per heavy atom. The van der Waals surface area contributed by atoms with Crippen molar-refractivity contribution in [2.24, 2.45) is 5.73 Å². The van der Waals surface area contributed by atoms with Crippen LogP contribution in [0.15, 0.2) is 42.5 Å². The lowest BCUT2D eigenvalue weighted by molar-refractivity contribution is -0.127. The molecule has 0 aromatic heterocycles. The second-order valence-corrected chi connectivity index (χ2v) is 4.81. The number of esters is 1. The zero-order valence-corrected chi connectivity index (χ0v) is 11.8. The van der Waals surface area contributed by atoms with Crippen molar-refractivity contribution < 1.29 is 28.2 Å². The number of nitrogens with two attached hydrogens (primary N) is 1.